The van der Waals surface area contributed by atoms with Crippen LogP contribution in [0.25, 0.3) is 16.6 Å². The van der Waals surface area contributed by atoms with Crippen molar-refractivity contribution in [3.63, 3.8) is 0 Å². The van der Waals surface area contributed by atoms with E-state index in [0.717, 1.165) is 46.7 Å². The second-order valence-electron chi connectivity index (χ2n) is 7.39. The Labute approximate surface area is 170 Å². The van der Waals surface area contributed by atoms with E-state index in [1.165, 1.54) is 4.90 Å². The van der Waals surface area contributed by atoms with Crippen molar-refractivity contribution in [1.29, 1.82) is 5.26 Å². The lowest BCUT2D eigenvalue weighted by Gasteiger charge is -2.31. The number of ether oxygens (including phenoxy) is 1. The molecule has 1 fully saturated rings. The standard InChI is InChI=1S/C23H24N4O2/c1-17-22(23(28)26-14-12-25(11-10-24)13-15-26)20-16-19(29-2)8-9-21(20)27(17)18-6-4-3-5-7-18/h3-9,16H,11-15H2,1-2H3/p+1. The van der Waals surface area contributed by atoms with Gasteiger partial charge in [-0.2, -0.15) is 5.26 Å². The molecule has 6 heteroatoms. The molecule has 3 aromatic rings. The first kappa shape index (κ1) is 19.0. The summed E-state index contributed by atoms with van der Waals surface area (Å²) >= 11 is 0. The molecule has 0 spiro atoms. The number of methoxy groups -OCH3 is 1. The predicted molar refractivity (Wildman–Crippen MR) is 112 cm³/mol. The Kier molecular flexibility index (Phi) is 5.24. The summed E-state index contributed by atoms with van der Waals surface area (Å²) in [7, 11) is 1.64. The van der Waals surface area contributed by atoms with E-state index in [9.17, 15) is 4.79 Å². The number of piperazine rings is 1. The van der Waals surface area contributed by atoms with Crippen LogP contribution in [-0.4, -0.2) is 55.2 Å². The van der Waals surface area contributed by atoms with Gasteiger partial charge in [0, 0.05) is 16.8 Å². The van der Waals surface area contributed by atoms with Crippen molar-refractivity contribution >= 4 is 16.8 Å². The number of fused-ring (bicyclic) bond motifs is 1. The van der Waals surface area contributed by atoms with E-state index in [-0.39, 0.29) is 5.91 Å². The summed E-state index contributed by atoms with van der Waals surface area (Å²) < 4.78 is 7.57. The van der Waals surface area contributed by atoms with E-state index in [1.807, 2.05) is 48.2 Å². The van der Waals surface area contributed by atoms with Crippen molar-refractivity contribution in [1.82, 2.24) is 9.47 Å². The van der Waals surface area contributed by atoms with Crippen molar-refractivity contribution < 1.29 is 14.4 Å². The molecular formula is C23H25N4O2+. The maximum absolute atomic E-state index is 13.5. The van der Waals surface area contributed by atoms with Crippen molar-refractivity contribution in [3.05, 3.63) is 59.8 Å². The molecule has 0 atom stereocenters. The Bertz CT molecular complexity index is 1070. The Morgan fingerprint density at radius 2 is 1.90 bits per heavy atom. The molecular weight excluding hydrogens is 364 g/mol. The summed E-state index contributed by atoms with van der Waals surface area (Å²) in [4.78, 5) is 16.7. The molecule has 0 saturated carbocycles. The Hall–Kier alpha value is -3.30. The molecule has 1 saturated heterocycles. The number of quaternary nitrogens is 1. The second kappa shape index (κ2) is 7.98. The van der Waals surface area contributed by atoms with Crippen LogP contribution in [0, 0.1) is 18.3 Å². The smallest absolute Gasteiger partial charge is 0.256 e. The molecule has 0 bridgehead atoms. The van der Waals surface area contributed by atoms with E-state index in [1.54, 1.807) is 7.11 Å². The molecule has 1 amide bonds. The molecule has 148 valence electrons. The van der Waals surface area contributed by atoms with Gasteiger partial charge >= 0.3 is 0 Å². The third kappa shape index (κ3) is 3.45. The molecule has 0 unspecified atom stereocenters. The van der Waals surface area contributed by atoms with Gasteiger partial charge in [-0.15, -0.1) is 0 Å². The highest BCUT2D eigenvalue weighted by molar-refractivity contribution is 6.09. The topological polar surface area (TPSA) is 62.7 Å². The zero-order valence-electron chi connectivity index (χ0n) is 16.8. The summed E-state index contributed by atoms with van der Waals surface area (Å²) in [5.41, 5.74) is 3.68. The highest BCUT2D eigenvalue weighted by atomic mass is 16.5. The number of hydrogen-bond donors (Lipinski definition) is 1. The molecule has 1 aliphatic heterocycles. The normalized spacial score (nSPS) is 14.7. The van der Waals surface area contributed by atoms with Crippen LogP contribution in [0.5, 0.6) is 5.75 Å². The van der Waals surface area contributed by atoms with Crippen LogP contribution < -0.4 is 9.64 Å². The lowest BCUT2D eigenvalue weighted by atomic mass is 10.1. The highest BCUT2D eigenvalue weighted by Crippen LogP contribution is 2.32. The van der Waals surface area contributed by atoms with Crippen LogP contribution in [-0.2, 0) is 0 Å². The number of rotatable bonds is 4. The molecule has 1 aromatic heterocycles. The number of carbonyl (C=O) groups excluding carboxylic acids is 1. The summed E-state index contributed by atoms with van der Waals surface area (Å²) in [5.74, 6) is 0.784. The van der Waals surface area contributed by atoms with E-state index < -0.39 is 0 Å². The first-order valence-electron chi connectivity index (χ1n) is 9.88. The summed E-state index contributed by atoms with van der Waals surface area (Å²) in [6, 6.07) is 18.2. The minimum Gasteiger partial charge on any atom is -0.497 e. The molecule has 6 nitrogen and oxygen atoms in total. The number of para-hydroxylation sites is 1. The van der Waals surface area contributed by atoms with E-state index in [2.05, 4.69) is 22.8 Å². The largest absolute Gasteiger partial charge is 0.497 e. The molecule has 0 radical (unpaired) electrons. The monoisotopic (exact) mass is 389 g/mol. The Morgan fingerprint density at radius 1 is 1.17 bits per heavy atom. The maximum Gasteiger partial charge on any atom is 0.256 e. The van der Waals surface area contributed by atoms with Gasteiger partial charge in [-0.25, -0.2) is 0 Å². The molecule has 29 heavy (non-hydrogen) atoms. The van der Waals surface area contributed by atoms with Crippen molar-refractivity contribution in [2.45, 2.75) is 6.92 Å². The Morgan fingerprint density at radius 3 is 2.55 bits per heavy atom. The van der Waals surface area contributed by atoms with Gasteiger partial charge in [0.15, 0.2) is 6.54 Å². The number of nitriles is 1. The SMILES string of the molecule is COc1ccc2c(c1)c(C(=O)N1CC[NH+](CC#N)CC1)c(C)n2-c1ccccc1. The average molecular weight is 389 g/mol. The molecule has 1 aliphatic rings. The predicted octanol–water partition coefficient (Wildman–Crippen LogP) is 1.81. The fourth-order valence-corrected chi connectivity index (χ4v) is 4.18. The van der Waals surface area contributed by atoms with Gasteiger partial charge < -0.3 is 19.1 Å². The zero-order chi connectivity index (χ0) is 20.4. The Balaban J connectivity index is 1.79. The fraction of sp³-hybridized carbons (Fsp3) is 0.304. The number of nitrogens with zero attached hydrogens (tertiary/aromatic N) is 3. The van der Waals surface area contributed by atoms with Crippen molar-refractivity contribution in [3.8, 4) is 17.5 Å². The third-order valence-electron chi connectivity index (χ3n) is 5.73. The van der Waals surface area contributed by atoms with Gasteiger partial charge in [-0.3, -0.25) is 4.79 Å². The first-order valence-corrected chi connectivity index (χ1v) is 9.88. The van der Waals surface area contributed by atoms with Crippen LogP contribution in [0.3, 0.4) is 0 Å². The number of benzene rings is 2. The summed E-state index contributed by atoms with van der Waals surface area (Å²) in [6.07, 6.45) is 0. The van der Waals surface area contributed by atoms with Crippen LogP contribution in [0.15, 0.2) is 48.5 Å². The summed E-state index contributed by atoms with van der Waals surface area (Å²) in [6.45, 7) is 5.43. The number of hydrogen-bond acceptors (Lipinski definition) is 3. The number of carbonyl (C=O) groups is 1. The molecule has 4 rings (SSSR count). The average Bonchev–Trinajstić information content (AvgIpc) is 3.05. The minimum atomic E-state index is 0.0476. The van der Waals surface area contributed by atoms with Gasteiger partial charge in [0.1, 0.15) is 11.8 Å². The quantitative estimate of drug-likeness (QED) is 0.693. The minimum absolute atomic E-state index is 0.0476. The van der Waals surface area contributed by atoms with Gasteiger partial charge in [-0.05, 0) is 37.3 Å². The molecule has 1 N–H and O–H groups in total. The number of amides is 1. The van der Waals surface area contributed by atoms with Crippen LogP contribution in [0.1, 0.15) is 16.1 Å². The van der Waals surface area contributed by atoms with Gasteiger partial charge in [0.25, 0.3) is 5.91 Å². The maximum atomic E-state index is 13.5. The number of nitrogens with one attached hydrogen (secondary N) is 1. The van der Waals surface area contributed by atoms with E-state index in [4.69, 9.17) is 10.00 Å². The molecule has 0 aliphatic carbocycles. The van der Waals surface area contributed by atoms with Crippen LogP contribution >= 0.6 is 0 Å². The number of aromatic nitrogens is 1. The fourth-order valence-electron chi connectivity index (χ4n) is 4.18. The second-order valence-corrected chi connectivity index (χ2v) is 7.39. The lowest BCUT2D eigenvalue weighted by molar-refractivity contribution is -0.896. The van der Waals surface area contributed by atoms with Crippen molar-refractivity contribution in [2.24, 2.45) is 0 Å². The lowest BCUT2D eigenvalue weighted by Crippen LogP contribution is -3.14. The highest BCUT2D eigenvalue weighted by Gasteiger charge is 2.29. The van der Waals surface area contributed by atoms with E-state index in [0.29, 0.717) is 19.6 Å². The molecule has 2 heterocycles. The van der Waals surface area contributed by atoms with Gasteiger partial charge in [-0.1, -0.05) is 18.2 Å². The van der Waals surface area contributed by atoms with Crippen molar-refractivity contribution in [2.75, 3.05) is 39.8 Å². The summed E-state index contributed by atoms with van der Waals surface area (Å²) in [5, 5.41) is 9.83. The zero-order valence-corrected chi connectivity index (χ0v) is 16.8. The van der Waals surface area contributed by atoms with Gasteiger partial charge in [0.05, 0.1) is 44.4 Å². The van der Waals surface area contributed by atoms with Crippen LogP contribution in [0.4, 0.5) is 0 Å². The third-order valence-corrected chi connectivity index (χ3v) is 5.73. The van der Waals surface area contributed by atoms with E-state index >= 15 is 0 Å². The van der Waals surface area contributed by atoms with Gasteiger partial charge in [0.2, 0.25) is 0 Å². The van der Waals surface area contributed by atoms with Crippen LogP contribution in [0.2, 0.25) is 0 Å². The first-order chi connectivity index (χ1) is 14.1. The molecule has 2 aromatic carbocycles.